The molecule has 3 rings (SSSR count). The molecule has 0 saturated carbocycles. The molecule has 0 spiro atoms. The van der Waals surface area contributed by atoms with Gasteiger partial charge in [0.15, 0.2) is 0 Å². The third kappa shape index (κ3) is 1.54. The topological polar surface area (TPSA) is 17.8 Å². The standard InChI is InChI=1S/C13H13ClN2/c14-12-7-4-8-13-11(12)9-15-16(13)10-5-2-1-3-6-10/h1-3,5-6,9,12H,4,7-8H2. The molecule has 0 saturated heterocycles. The van der Waals surface area contributed by atoms with Gasteiger partial charge < -0.3 is 0 Å². The summed E-state index contributed by atoms with van der Waals surface area (Å²) in [6.45, 7) is 0. The molecule has 3 heteroatoms. The number of benzene rings is 1. The Hall–Kier alpha value is -1.28. The highest BCUT2D eigenvalue weighted by molar-refractivity contribution is 6.20. The summed E-state index contributed by atoms with van der Waals surface area (Å²) in [5.41, 5.74) is 3.60. The first-order valence-corrected chi connectivity index (χ1v) is 6.06. The highest BCUT2D eigenvalue weighted by Crippen LogP contribution is 2.35. The largest absolute Gasteiger partial charge is 0.237 e. The van der Waals surface area contributed by atoms with Crippen LogP contribution >= 0.6 is 11.6 Å². The van der Waals surface area contributed by atoms with Gasteiger partial charge in [-0.3, -0.25) is 0 Å². The lowest BCUT2D eigenvalue weighted by Crippen LogP contribution is -2.09. The fraction of sp³-hybridized carbons (Fsp3) is 0.308. The van der Waals surface area contributed by atoms with E-state index in [1.807, 2.05) is 29.1 Å². The molecule has 0 radical (unpaired) electrons. The average molecular weight is 233 g/mol. The van der Waals surface area contributed by atoms with Crippen molar-refractivity contribution in [1.29, 1.82) is 0 Å². The van der Waals surface area contributed by atoms with Crippen molar-refractivity contribution in [3.8, 4) is 5.69 Å². The minimum Gasteiger partial charge on any atom is -0.237 e. The van der Waals surface area contributed by atoms with Gasteiger partial charge in [0.25, 0.3) is 0 Å². The van der Waals surface area contributed by atoms with Gasteiger partial charge in [0.05, 0.1) is 17.3 Å². The van der Waals surface area contributed by atoms with Gasteiger partial charge in [-0.05, 0) is 31.4 Å². The minimum atomic E-state index is 0.140. The van der Waals surface area contributed by atoms with E-state index in [1.165, 1.54) is 11.3 Å². The molecule has 0 fully saturated rings. The van der Waals surface area contributed by atoms with E-state index in [0.29, 0.717) is 0 Å². The van der Waals surface area contributed by atoms with Gasteiger partial charge >= 0.3 is 0 Å². The summed E-state index contributed by atoms with van der Waals surface area (Å²) in [4.78, 5) is 0. The maximum atomic E-state index is 6.29. The number of hydrogen-bond donors (Lipinski definition) is 0. The predicted molar refractivity (Wildman–Crippen MR) is 65.1 cm³/mol. The first-order chi connectivity index (χ1) is 7.86. The average Bonchev–Trinajstić information content (AvgIpc) is 2.75. The van der Waals surface area contributed by atoms with E-state index < -0.39 is 0 Å². The maximum Gasteiger partial charge on any atom is 0.0648 e. The molecule has 1 atom stereocenters. The Bertz CT molecular complexity index is 490. The minimum absolute atomic E-state index is 0.140. The summed E-state index contributed by atoms with van der Waals surface area (Å²) in [6.07, 6.45) is 5.21. The van der Waals surface area contributed by atoms with Gasteiger partial charge in [0.1, 0.15) is 0 Å². The number of fused-ring (bicyclic) bond motifs is 1. The number of aromatic nitrogens is 2. The summed E-state index contributed by atoms with van der Waals surface area (Å²) < 4.78 is 2.02. The fourth-order valence-electron chi connectivity index (χ4n) is 2.29. The molecule has 16 heavy (non-hydrogen) atoms. The van der Waals surface area contributed by atoms with Gasteiger partial charge in [-0.25, -0.2) is 4.68 Å². The van der Waals surface area contributed by atoms with Gasteiger partial charge in [-0.15, -0.1) is 11.6 Å². The van der Waals surface area contributed by atoms with Crippen LogP contribution in [-0.4, -0.2) is 9.78 Å². The van der Waals surface area contributed by atoms with Gasteiger partial charge in [0.2, 0.25) is 0 Å². The zero-order chi connectivity index (χ0) is 11.0. The lowest BCUT2D eigenvalue weighted by molar-refractivity contribution is 0.639. The van der Waals surface area contributed by atoms with E-state index in [2.05, 4.69) is 17.2 Å². The highest BCUT2D eigenvalue weighted by atomic mass is 35.5. The van der Waals surface area contributed by atoms with Crippen LogP contribution in [0.1, 0.15) is 29.5 Å². The predicted octanol–water partition coefficient (Wildman–Crippen LogP) is 3.49. The first kappa shape index (κ1) is 9.91. The van der Waals surface area contributed by atoms with Crippen LogP contribution in [0.4, 0.5) is 0 Å². The molecule has 0 aliphatic heterocycles. The normalized spacial score (nSPS) is 19.4. The van der Waals surface area contributed by atoms with Crippen molar-refractivity contribution in [1.82, 2.24) is 9.78 Å². The second-order valence-electron chi connectivity index (χ2n) is 4.15. The van der Waals surface area contributed by atoms with Crippen LogP contribution in [0.2, 0.25) is 0 Å². The van der Waals surface area contributed by atoms with Crippen LogP contribution in [0, 0.1) is 0 Å². The van der Waals surface area contributed by atoms with Crippen molar-refractivity contribution < 1.29 is 0 Å². The summed E-state index contributed by atoms with van der Waals surface area (Å²) in [6, 6.07) is 10.2. The van der Waals surface area contributed by atoms with E-state index in [-0.39, 0.29) is 5.38 Å². The number of halogens is 1. The third-order valence-corrected chi connectivity index (χ3v) is 3.56. The molecule has 0 amide bonds. The molecule has 2 aromatic rings. The SMILES string of the molecule is ClC1CCCc2c1cnn2-c1ccccc1. The number of alkyl halides is 1. The summed E-state index contributed by atoms with van der Waals surface area (Å²) >= 11 is 6.29. The molecule has 0 bridgehead atoms. The van der Waals surface area contributed by atoms with Crippen molar-refractivity contribution in [2.45, 2.75) is 24.6 Å². The molecule has 1 heterocycles. The third-order valence-electron chi connectivity index (χ3n) is 3.11. The first-order valence-electron chi connectivity index (χ1n) is 5.62. The van der Waals surface area contributed by atoms with E-state index >= 15 is 0 Å². The molecular formula is C13H13ClN2. The van der Waals surface area contributed by atoms with Crippen LogP contribution < -0.4 is 0 Å². The van der Waals surface area contributed by atoms with Crippen molar-refractivity contribution in [3.05, 3.63) is 47.8 Å². The maximum absolute atomic E-state index is 6.29. The Morgan fingerprint density at radius 2 is 2.06 bits per heavy atom. The van der Waals surface area contributed by atoms with Crippen molar-refractivity contribution in [3.63, 3.8) is 0 Å². The zero-order valence-corrected chi connectivity index (χ0v) is 9.69. The Balaban J connectivity index is 2.10. The smallest absolute Gasteiger partial charge is 0.0648 e. The van der Waals surface area contributed by atoms with Crippen LogP contribution in [0.5, 0.6) is 0 Å². The molecule has 1 aliphatic carbocycles. The van der Waals surface area contributed by atoms with E-state index in [0.717, 1.165) is 24.9 Å². The molecule has 1 aromatic heterocycles. The lowest BCUT2D eigenvalue weighted by Gasteiger charge is -2.18. The Morgan fingerprint density at radius 1 is 1.25 bits per heavy atom. The van der Waals surface area contributed by atoms with E-state index in [4.69, 9.17) is 11.6 Å². The number of hydrogen-bond acceptors (Lipinski definition) is 1. The summed E-state index contributed by atoms with van der Waals surface area (Å²) in [5, 5.41) is 4.59. The molecule has 1 aromatic carbocycles. The Morgan fingerprint density at radius 3 is 2.88 bits per heavy atom. The van der Waals surface area contributed by atoms with Crippen molar-refractivity contribution in [2.75, 3.05) is 0 Å². The quantitative estimate of drug-likeness (QED) is 0.689. The molecule has 0 N–H and O–H groups in total. The second kappa shape index (κ2) is 3.95. The van der Waals surface area contributed by atoms with Crippen LogP contribution in [0.15, 0.2) is 36.5 Å². The van der Waals surface area contributed by atoms with Crippen LogP contribution in [0.25, 0.3) is 5.69 Å². The molecule has 1 unspecified atom stereocenters. The number of rotatable bonds is 1. The molecule has 2 nitrogen and oxygen atoms in total. The summed E-state index contributed by atoms with van der Waals surface area (Å²) in [5.74, 6) is 0. The van der Waals surface area contributed by atoms with Crippen LogP contribution in [0.3, 0.4) is 0 Å². The van der Waals surface area contributed by atoms with Crippen molar-refractivity contribution in [2.24, 2.45) is 0 Å². The van der Waals surface area contributed by atoms with Gasteiger partial charge in [-0.2, -0.15) is 5.10 Å². The van der Waals surface area contributed by atoms with Gasteiger partial charge in [-0.1, -0.05) is 18.2 Å². The zero-order valence-electron chi connectivity index (χ0n) is 8.94. The Kier molecular flexibility index (Phi) is 2.44. The van der Waals surface area contributed by atoms with Gasteiger partial charge in [0, 0.05) is 11.3 Å². The molecular weight excluding hydrogens is 220 g/mol. The Labute approximate surface area is 99.9 Å². The molecule has 1 aliphatic rings. The number of nitrogens with zero attached hydrogens (tertiary/aromatic N) is 2. The van der Waals surface area contributed by atoms with Crippen LogP contribution in [-0.2, 0) is 6.42 Å². The molecule has 82 valence electrons. The lowest BCUT2D eigenvalue weighted by atomic mass is 9.97. The van der Waals surface area contributed by atoms with E-state index in [9.17, 15) is 0 Å². The number of para-hydroxylation sites is 1. The highest BCUT2D eigenvalue weighted by Gasteiger charge is 2.22. The monoisotopic (exact) mass is 232 g/mol. The fourth-order valence-corrected chi connectivity index (χ4v) is 2.63. The van der Waals surface area contributed by atoms with E-state index in [1.54, 1.807) is 0 Å². The van der Waals surface area contributed by atoms with Crippen molar-refractivity contribution >= 4 is 11.6 Å². The second-order valence-corrected chi connectivity index (χ2v) is 4.68. The summed E-state index contributed by atoms with van der Waals surface area (Å²) in [7, 11) is 0.